The fourth-order valence-electron chi connectivity index (χ4n) is 3.71. The quantitative estimate of drug-likeness (QED) is 0.603. The summed E-state index contributed by atoms with van der Waals surface area (Å²) in [6.45, 7) is 0.954. The summed E-state index contributed by atoms with van der Waals surface area (Å²) < 4.78 is 12.8. The number of nitrogens with zero attached hydrogens (tertiary/aromatic N) is 3. The number of aryl methyl sites for hydroxylation is 1. The molecular weight excluding hydrogens is 392 g/mol. The Labute approximate surface area is 181 Å². The fraction of sp³-hybridized carbons (Fsp3) is 0.292. The van der Waals surface area contributed by atoms with Gasteiger partial charge in [-0.25, -0.2) is 0 Å². The summed E-state index contributed by atoms with van der Waals surface area (Å²) in [5.41, 5.74) is 2.51. The molecule has 0 radical (unpaired) electrons. The molecule has 0 atom stereocenters. The Balaban J connectivity index is 1.43. The van der Waals surface area contributed by atoms with Gasteiger partial charge in [0.15, 0.2) is 5.82 Å². The second kappa shape index (κ2) is 9.47. The fourth-order valence-corrected chi connectivity index (χ4v) is 3.71. The monoisotopic (exact) mass is 418 g/mol. The number of methoxy groups -OCH3 is 2. The summed E-state index contributed by atoms with van der Waals surface area (Å²) in [7, 11) is 3.18. The zero-order valence-corrected chi connectivity index (χ0v) is 17.8. The van der Waals surface area contributed by atoms with Gasteiger partial charge in [0.1, 0.15) is 17.3 Å². The van der Waals surface area contributed by atoms with Gasteiger partial charge in [-0.05, 0) is 55.3 Å². The third kappa shape index (κ3) is 4.77. The van der Waals surface area contributed by atoms with Gasteiger partial charge in [-0.3, -0.25) is 4.79 Å². The third-order valence-electron chi connectivity index (χ3n) is 5.38. The molecule has 0 saturated carbocycles. The first kappa shape index (κ1) is 20.7. The normalized spacial score (nSPS) is 13.5. The molecule has 2 heterocycles. The lowest BCUT2D eigenvalue weighted by atomic mass is 10.1. The van der Waals surface area contributed by atoms with Crippen molar-refractivity contribution in [3.8, 4) is 22.9 Å². The molecule has 0 saturated heterocycles. The van der Waals surface area contributed by atoms with Gasteiger partial charge in [0.05, 0.1) is 14.2 Å². The molecule has 1 N–H and O–H groups in total. The van der Waals surface area contributed by atoms with E-state index in [1.807, 2.05) is 36.4 Å². The first-order valence-electron chi connectivity index (χ1n) is 10.4. The lowest BCUT2D eigenvalue weighted by molar-refractivity contribution is -0.111. The highest BCUT2D eigenvalue weighted by molar-refractivity contribution is 6.02. The van der Waals surface area contributed by atoms with Crippen LogP contribution in [0.2, 0.25) is 0 Å². The summed E-state index contributed by atoms with van der Waals surface area (Å²) in [5.74, 6) is 3.07. The van der Waals surface area contributed by atoms with Crippen LogP contribution in [-0.2, 0) is 17.8 Å². The van der Waals surface area contributed by atoms with Crippen molar-refractivity contribution >= 4 is 17.7 Å². The summed E-state index contributed by atoms with van der Waals surface area (Å²) in [5, 5.41) is 11.6. The van der Waals surface area contributed by atoms with Crippen LogP contribution in [0.4, 0.5) is 5.69 Å². The SMILES string of the molecule is COc1ccc(C=CC(=O)Nc2ccc(-c3nnc4n3CCCCC4)cc2)c(OC)c1. The van der Waals surface area contributed by atoms with Gasteiger partial charge < -0.3 is 19.4 Å². The number of anilines is 1. The van der Waals surface area contributed by atoms with Crippen LogP contribution in [0.25, 0.3) is 17.5 Å². The Kier molecular flexibility index (Phi) is 6.31. The molecule has 160 valence electrons. The Morgan fingerprint density at radius 3 is 2.65 bits per heavy atom. The van der Waals surface area contributed by atoms with E-state index in [9.17, 15) is 4.79 Å². The first-order chi connectivity index (χ1) is 15.2. The van der Waals surface area contributed by atoms with Crippen LogP contribution in [0, 0.1) is 0 Å². The average molecular weight is 418 g/mol. The largest absolute Gasteiger partial charge is 0.497 e. The van der Waals surface area contributed by atoms with Crippen LogP contribution in [-0.4, -0.2) is 34.9 Å². The molecule has 0 fully saturated rings. The first-order valence-corrected chi connectivity index (χ1v) is 10.4. The maximum atomic E-state index is 12.4. The smallest absolute Gasteiger partial charge is 0.248 e. The molecule has 7 nitrogen and oxygen atoms in total. The molecule has 7 heteroatoms. The predicted octanol–water partition coefficient (Wildman–Crippen LogP) is 4.34. The number of amides is 1. The van der Waals surface area contributed by atoms with E-state index in [1.165, 1.54) is 18.9 Å². The number of nitrogens with one attached hydrogen (secondary N) is 1. The van der Waals surface area contributed by atoms with Crippen molar-refractivity contribution in [3.63, 3.8) is 0 Å². The van der Waals surface area contributed by atoms with Crippen LogP contribution < -0.4 is 14.8 Å². The maximum absolute atomic E-state index is 12.4. The van der Waals surface area contributed by atoms with Gasteiger partial charge in [0.2, 0.25) is 5.91 Å². The number of rotatable bonds is 6. The van der Waals surface area contributed by atoms with E-state index in [4.69, 9.17) is 9.47 Å². The summed E-state index contributed by atoms with van der Waals surface area (Å²) in [6, 6.07) is 13.1. The molecule has 1 amide bonds. The minimum absolute atomic E-state index is 0.220. The number of carbonyl (C=O) groups is 1. The second-order valence-electron chi connectivity index (χ2n) is 7.41. The van der Waals surface area contributed by atoms with E-state index in [0.717, 1.165) is 47.8 Å². The van der Waals surface area contributed by atoms with Crippen molar-refractivity contribution in [3.05, 3.63) is 59.9 Å². The number of ether oxygens (including phenoxy) is 2. The number of hydrogen-bond donors (Lipinski definition) is 1. The van der Waals surface area contributed by atoms with Gasteiger partial charge in [0, 0.05) is 41.9 Å². The van der Waals surface area contributed by atoms with Crippen molar-refractivity contribution < 1.29 is 14.3 Å². The molecule has 0 bridgehead atoms. The molecule has 4 rings (SSSR count). The van der Waals surface area contributed by atoms with Gasteiger partial charge in [-0.1, -0.05) is 6.42 Å². The van der Waals surface area contributed by atoms with Crippen molar-refractivity contribution in [1.29, 1.82) is 0 Å². The van der Waals surface area contributed by atoms with Crippen LogP contribution in [0.15, 0.2) is 48.5 Å². The number of fused-ring (bicyclic) bond motifs is 1. The lowest BCUT2D eigenvalue weighted by Crippen LogP contribution is -2.07. The van der Waals surface area contributed by atoms with Gasteiger partial charge in [-0.2, -0.15) is 0 Å². The molecule has 3 aromatic rings. The zero-order valence-electron chi connectivity index (χ0n) is 17.8. The van der Waals surface area contributed by atoms with Gasteiger partial charge in [0.25, 0.3) is 0 Å². The molecule has 0 aliphatic carbocycles. The van der Waals surface area contributed by atoms with E-state index in [-0.39, 0.29) is 5.91 Å². The van der Waals surface area contributed by atoms with Crippen LogP contribution in [0.1, 0.15) is 30.7 Å². The maximum Gasteiger partial charge on any atom is 0.248 e. The van der Waals surface area contributed by atoms with E-state index in [0.29, 0.717) is 11.5 Å². The minimum atomic E-state index is -0.220. The number of aromatic nitrogens is 3. The van der Waals surface area contributed by atoms with E-state index < -0.39 is 0 Å². The minimum Gasteiger partial charge on any atom is -0.497 e. The Hall–Kier alpha value is -3.61. The standard InChI is InChI=1S/C24H26N4O3/c1-30-20-13-9-17(21(16-20)31-2)10-14-23(29)25-19-11-7-18(8-12-19)24-27-26-22-6-4-3-5-15-28(22)24/h7-14,16H,3-6,15H2,1-2H3,(H,25,29). The molecule has 0 spiro atoms. The van der Waals surface area contributed by atoms with Gasteiger partial charge in [-0.15, -0.1) is 10.2 Å². The average Bonchev–Trinajstić information content (AvgIpc) is 3.06. The topological polar surface area (TPSA) is 78.3 Å². The Morgan fingerprint density at radius 1 is 1.03 bits per heavy atom. The van der Waals surface area contributed by atoms with E-state index >= 15 is 0 Å². The molecule has 31 heavy (non-hydrogen) atoms. The third-order valence-corrected chi connectivity index (χ3v) is 5.38. The van der Waals surface area contributed by atoms with Crippen LogP contribution in [0.5, 0.6) is 11.5 Å². The molecule has 0 unspecified atom stereocenters. The van der Waals surface area contributed by atoms with E-state index in [1.54, 1.807) is 26.4 Å². The summed E-state index contributed by atoms with van der Waals surface area (Å²) >= 11 is 0. The van der Waals surface area contributed by atoms with Crippen LogP contribution in [0.3, 0.4) is 0 Å². The van der Waals surface area contributed by atoms with Crippen molar-refractivity contribution in [2.24, 2.45) is 0 Å². The zero-order chi connectivity index (χ0) is 21.6. The second-order valence-corrected chi connectivity index (χ2v) is 7.41. The molecule has 1 aliphatic rings. The molecule has 1 aromatic heterocycles. The van der Waals surface area contributed by atoms with Crippen molar-refractivity contribution in [2.75, 3.05) is 19.5 Å². The number of carbonyl (C=O) groups excluding carboxylic acids is 1. The molecule has 1 aliphatic heterocycles. The van der Waals surface area contributed by atoms with E-state index in [2.05, 4.69) is 20.1 Å². The van der Waals surface area contributed by atoms with Crippen molar-refractivity contribution in [1.82, 2.24) is 14.8 Å². The van der Waals surface area contributed by atoms with Gasteiger partial charge >= 0.3 is 0 Å². The molecular formula is C24H26N4O3. The predicted molar refractivity (Wildman–Crippen MR) is 120 cm³/mol. The Bertz CT molecular complexity index is 1090. The Morgan fingerprint density at radius 2 is 1.87 bits per heavy atom. The summed E-state index contributed by atoms with van der Waals surface area (Å²) in [6.07, 6.45) is 7.72. The van der Waals surface area contributed by atoms with Crippen LogP contribution >= 0.6 is 0 Å². The number of benzene rings is 2. The highest BCUT2D eigenvalue weighted by Crippen LogP contribution is 2.26. The molecule has 2 aromatic carbocycles. The number of hydrogen-bond acceptors (Lipinski definition) is 5. The summed E-state index contributed by atoms with van der Waals surface area (Å²) in [4.78, 5) is 12.4. The lowest BCUT2D eigenvalue weighted by Gasteiger charge is -2.08. The van der Waals surface area contributed by atoms with Crippen molar-refractivity contribution in [2.45, 2.75) is 32.2 Å². The highest BCUT2D eigenvalue weighted by Gasteiger charge is 2.15. The highest BCUT2D eigenvalue weighted by atomic mass is 16.5.